The average Bonchev–Trinajstić information content (AvgIpc) is 2.37. The molecule has 1 rings (SSSR count). The predicted molar refractivity (Wildman–Crippen MR) is 76.8 cm³/mol. The third-order valence-electron chi connectivity index (χ3n) is 2.35. The fourth-order valence-electron chi connectivity index (χ4n) is 1.44. The smallest absolute Gasteiger partial charge is 0.127 e. The van der Waals surface area contributed by atoms with Gasteiger partial charge >= 0.3 is 0 Å². The molecule has 0 spiro atoms. The maximum absolute atomic E-state index is 5.72. The molecule has 0 unspecified atom stereocenters. The van der Waals surface area contributed by atoms with Gasteiger partial charge in [-0.1, -0.05) is 35.8 Å². The monoisotopic (exact) mass is 316 g/mol. The summed E-state index contributed by atoms with van der Waals surface area (Å²) in [6.45, 7) is 6.20. The number of hydrogen-bond acceptors (Lipinski definition) is 3. The van der Waals surface area contributed by atoms with E-state index in [9.17, 15) is 0 Å². The minimum atomic E-state index is 0.555. The molecule has 0 aliphatic carbocycles. The van der Waals surface area contributed by atoms with Crippen LogP contribution in [-0.4, -0.2) is 26.9 Å². The Morgan fingerprint density at radius 1 is 1.22 bits per heavy atom. The first-order chi connectivity index (χ1) is 8.67. The maximum Gasteiger partial charge on any atom is 0.127 e. The van der Waals surface area contributed by atoms with E-state index in [4.69, 9.17) is 14.2 Å². The zero-order chi connectivity index (χ0) is 13.4. The van der Waals surface area contributed by atoms with Gasteiger partial charge in [-0.25, -0.2) is 0 Å². The number of alkyl halides is 1. The number of ether oxygens (including phenoxy) is 3. The van der Waals surface area contributed by atoms with E-state index in [2.05, 4.69) is 29.8 Å². The molecular formula is C14H21BrO3. The highest BCUT2D eigenvalue weighted by Crippen LogP contribution is 2.26. The van der Waals surface area contributed by atoms with Crippen molar-refractivity contribution in [2.75, 3.05) is 26.9 Å². The summed E-state index contributed by atoms with van der Waals surface area (Å²) in [5, 5.41) is 0.763. The molecule has 0 atom stereocenters. The fourth-order valence-corrected chi connectivity index (χ4v) is 1.90. The highest BCUT2D eigenvalue weighted by molar-refractivity contribution is 9.08. The second-order valence-electron chi connectivity index (χ2n) is 4.42. The molecule has 0 heterocycles. The Morgan fingerprint density at radius 2 is 2.00 bits per heavy atom. The van der Waals surface area contributed by atoms with Crippen LogP contribution in [0.5, 0.6) is 11.5 Å². The quantitative estimate of drug-likeness (QED) is 0.541. The first-order valence-electron chi connectivity index (χ1n) is 6.10. The van der Waals surface area contributed by atoms with E-state index in [0.29, 0.717) is 19.1 Å². The summed E-state index contributed by atoms with van der Waals surface area (Å²) in [7, 11) is 1.65. The van der Waals surface area contributed by atoms with E-state index in [0.717, 1.165) is 29.0 Å². The van der Waals surface area contributed by atoms with Crippen molar-refractivity contribution in [2.45, 2.75) is 19.2 Å². The third kappa shape index (κ3) is 5.27. The van der Waals surface area contributed by atoms with Crippen molar-refractivity contribution in [1.82, 2.24) is 0 Å². The second kappa shape index (κ2) is 8.38. The molecule has 1 aromatic carbocycles. The topological polar surface area (TPSA) is 27.7 Å². The highest BCUT2D eigenvalue weighted by atomic mass is 79.9. The van der Waals surface area contributed by atoms with Crippen LogP contribution in [0.2, 0.25) is 0 Å². The molecule has 18 heavy (non-hydrogen) atoms. The van der Waals surface area contributed by atoms with Crippen LogP contribution in [0.1, 0.15) is 19.4 Å². The summed E-state index contributed by atoms with van der Waals surface area (Å²) in [6.07, 6.45) is 0. The molecule has 0 aliphatic heterocycles. The van der Waals surface area contributed by atoms with Gasteiger partial charge in [0.25, 0.3) is 0 Å². The van der Waals surface area contributed by atoms with Crippen LogP contribution in [0.3, 0.4) is 0 Å². The summed E-state index contributed by atoms with van der Waals surface area (Å²) < 4.78 is 16.4. The minimum absolute atomic E-state index is 0.555. The van der Waals surface area contributed by atoms with Crippen LogP contribution >= 0.6 is 15.9 Å². The van der Waals surface area contributed by atoms with Crippen molar-refractivity contribution in [2.24, 2.45) is 5.92 Å². The lowest BCUT2D eigenvalue weighted by molar-refractivity contribution is 0.0816. The normalized spacial score (nSPS) is 10.7. The molecule has 0 bridgehead atoms. The molecule has 0 saturated heterocycles. The van der Waals surface area contributed by atoms with Crippen molar-refractivity contribution < 1.29 is 14.2 Å². The van der Waals surface area contributed by atoms with Gasteiger partial charge < -0.3 is 14.2 Å². The fraction of sp³-hybridized carbons (Fsp3) is 0.571. The number of halogens is 1. The van der Waals surface area contributed by atoms with E-state index in [1.807, 2.05) is 18.2 Å². The second-order valence-corrected chi connectivity index (χ2v) is 4.99. The minimum Gasteiger partial charge on any atom is -0.497 e. The molecule has 0 aromatic heterocycles. The van der Waals surface area contributed by atoms with Gasteiger partial charge in [0.1, 0.15) is 18.1 Å². The lowest BCUT2D eigenvalue weighted by atomic mass is 10.2. The van der Waals surface area contributed by atoms with Gasteiger partial charge in [0.15, 0.2) is 0 Å². The first kappa shape index (κ1) is 15.3. The number of hydrogen-bond donors (Lipinski definition) is 0. The zero-order valence-electron chi connectivity index (χ0n) is 11.2. The van der Waals surface area contributed by atoms with E-state index in [1.54, 1.807) is 7.11 Å². The lowest BCUT2D eigenvalue weighted by Crippen LogP contribution is -2.10. The van der Waals surface area contributed by atoms with Crippen molar-refractivity contribution >= 4 is 15.9 Å². The molecule has 0 aliphatic rings. The van der Waals surface area contributed by atoms with E-state index < -0.39 is 0 Å². The molecule has 0 fully saturated rings. The summed E-state index contributed by atoms with van der Waals surface area (Å²) in [5.74, 6) is 2.21. The number of benzene rings is 1. The summed E-state index contributed by atoms with van der Waals surface area (Å²) in [6, 6.07) is 5.83. The average molecular weight is 317 g/mol. The Morgan fingerprint density at radius 3 is 2.61 bits per heavy atom. The molecule has 1 aromatic rings. The molecule has 3 nitrogen and oxygen atoms in total. The van der Waals surface area contributed by atoms with Gasteiger partial charge in [-0.05, 0) is 12.0 Å². The largest absolute Gasteiger partial charge is 0.497 e. The van der Waals surface area contributed by atoms with E-state index in [-0.39, 0.29) is 0 Å². The standard InChI is InChI=1S/C14H21BrO3/c1-11(2)10-17-6-7-18-14-8-13(16-3)5-4-12(14)9-15/h4-5,8,11H,6-7,9-10H2,1-3H3. The number of rotatable bonds is 8. The van der Waals surface area contributed by atoms with Crippen LogP contribution < -0.4 is 9.47 Å². The Bertz CT molecular complexity index is 353. The van der Waals surface area contributed by atoms with Gasteiger partial charge in [0.2, 0.25) is 0 Å². The van der Waals surface area contributed by atoms with Gasteiger partial charge in [0, 0.05) is 23.6 Å². The molecular weight excluding hydrogens is 296 g/mol. The molecule has 0 radical (unpaired) electrons. The third-order valence-corrected chi connectivity index (χ3v) is 2.96. The highest BCUT2D eigenvalue weighted by Gasteiger charge is 2.05. The molecule has 4 heteroatoms. The van der Waals surface area contributed by atoms with E-state index in [1.165, 1.54) is 0 Å². The Kier molecular flexibility index (Phi) is 7.13. The Balaban J connectivity index is 2.44. The van der Waals surface area contributed by atoms with Crippen molar-refractivity contribution in [3.8, 4) is 11.5 Å². The zero-order valence-corrected chi connectivity index (χ0v) is 12.8. The predicted octanol–water partition coefficient (Wildman–Crippen LogP) is 3.64. The summed E-state index contributed by atoms with van der Waals surface area (Å²) >= 11 is 3.44. The van der Waals surface area contributed by atoms with Gasteiger partial charge in [-0.3, -0.25) is 0 Å². The maximum atomic E-state index is 5.72. The van der Waals surface area contributed by atoms with Crippen molar-refractivity contribution in [1.29, 1.82) is 0 Å². The molecule has 0 N–H and O–H groups in total. The summed E-state index contributed by atoms with van der Waals surface area (Å²) in [4.78, 5) is 0. The molecule has 102 valence electrons. The van der Waals surface area contributed by atoms with Crippen LogP contribution in [0.15, 0.2) is 18.2 Å². The van der Waals surface area contributed by atoms with Gasteiger partial charge in [0.05, 0.1) is 13.7 Å². The molecule has 0 amide bonds. The molecule has 0 saturated carbocycles. The Labute approximate surface area is 118 Å². The van der Waals surface area contributed by atoms with Crippen LogP contribution in [0.4, 0.5) is 0 Å². The van der Waals surface area contributed by atoms with Crippen molar-refractivity contribution in [3.63, 3.8) is 0 Å². The van der Waals surface area contributed by atoms with Crippen LogP contribution in [0, 0.1) is 5.92 Å². The van der Waals surface area contributed by atoms with Gasteiger partial charge in [-0.15, -0.1) is 0 Å². The lowest BCUT2D eigenvalue weighted by Gasteiger charge is -2.12. The van der Waals surface area contributed by atoms with Crippen LogP contribution in [-0.2, 0) is 10.1 Å². The SMILES string of the molecule is COc1ccc(CBr)c(OCCOCC(C)C)c1. The first-order valence-corrected chi connectivity index (χ1v) is 7.23. The van der Waals surface area contributed by atoms with Gasteiger partial charge in [-0.2, -0.15) is 0 Å². The summed E-state index contributed by atoms with van der Waals surface area (Å²) in [5.41, 5.74) is 1.11. The number of methoxy groups -OCH3 is 1. The Hall–Kier alpha value is -0.740. The van der Waals surface area contributed by atoms with E-state index >= 15 is 0 Å². The van der Waals surface area contributed by atoms with Crippen molar-refractivity contribution in [3.05, 3.63) is 23.8 Å². The van der Waals surface area contributed by atoms with Crippen LogP contribution in [0.25, 0.3) is 0 Å².